The molecule has 0 fully saturated rings. The summed E-state index contributed by atoms with van der Waals surface area (Å²) in [5, 5.41) is 4.03. The molecule has 0 amide bonds. The number of rotatable bonds is 4. The lowest BCUT2D eigenvalue weighted by molar-refractivity contribution is 0.0587. The topological polar surface area (TPSA) is 92.3 Å². The number of benzene rings is 1. The van der Waals surface area contributed by atoms with Crippen molar-refractivity contribution < 1.29 is 14.3 Å². The van der Waals surface area contributed by atoms with Crippen LogP contribution in [0.15, 0.2) is 24.5 Å². The Labute approximate surface area is 116 Å². The molecule has 0 bridgehead atoms. The summed E-state index contributed by atoms with van der Waals surface area (Å²) in [6, 6.07) is 5.33. The summed E-state index contributed by atoms with van der Waals surface area (Å²) in [5.74, 6) is -0.0633. The first-order chi connectivity index (χ1) is 9.52. The minimum absolute atomic E-state index is 0.00827. The number of nitrogens with zero attached hydrogens (tertiary/aromatic N) is 3. The van der Waals surface area contributed by atoms with Crippen LogP contribution in [0.4, 0.5) is 5.69 Å². The standard InChI is InChI=1S/C13H16N4O3/c1-8(2)20-10-6-4-5-9(11(10)14)17-7-15-12(16-17)13(18)19-3/h4-8H,14H2,1-3H3. The van der Waals surface area contributed by atoms with Crippen LogP contribution in [0.2, 0.25) is 0 Å². The summed E-state index contributed by atoms with van der Waals surface area (Å²) in [4.78, 5) is 15.2. The molecule has 1 aromatic heterocycles. The fourth-order valence-electron chi connectivity index (χ4n) is 1.65. The second-order valence-corrected chi connectivity index (χ2v) is 4.36. The van der Waals surface area contributed by atoms with Gasteiger partial charge in [-0.2, -0.15) is 0 Å². The molecule has 0 aliphatic rings. The van der Waals surface area contributed by atoms with Crippen molar-refractivity contribution in [3.8, 4) is 11.4 Å². The van der Waals surface area contributed by atoms with Crippen molar-refractivity contribution in [3.05, 3.63) is 30.4 Å². The number of carbonyl (C=O) groups excluding carboxylic acids is 1. The van der Waals surface area contributed by atoms with Crippen molar-refractivity contribution in [1.82, 2.24) is 14.8 Å². The van der Waals surface area contributed by atoms with Crippen LogP contribution in [0.1, 0.15) is 24.5 Å². The first-order valence-electron chi connectivity index (χ1n) is 6.08. The van der Waals surface area contributed by atoms with E-state index in [0.717, 1.165) is 0 Å². The molecule has 2 aromatic rings. The molecule has 0 aliphatic heterocycles. The van der Waals surface area contributed by atoms with Gasteiger partial charge in [0, 0.05) is 0 Å². The molecule has 0 unspecified atom stereocenters. The highest BCUT2D eigenvalue weighted by atomic mass is 16.5. The van der Waals surface area contributed by atoms with Crippen LogP contribution < -0.4 is 10.5 Å². The molecule has 1 heterocycles. The van der Waals surface area contributed by atoms with E-state index in [1.165, 1.54) is 18.1 Å². The van der Waals surface area contributed by atoms with E-state index in [9.17, 15) is 4.79 Å². The highest BCUT2D eigenvalue weighted by Crippen LogP contribution is 2.28. The molecule has 106 valence electrons. The fourth-order valence-corrected chi connectivity index (χ4v) is 1.65. The van der Waals surface area contributed by atoms with Crippen molar-refractivity contribution in [2.45, 2.75) is 20.0 Å². The lowest BCUT2D eigenvalue weighted by Gasteiger charge is -2.14. The number of esters is 1. The van der Waals surface area contributed by atoms with Gasteiger partial charge in [0.1, 0.15) is 17.8 Å². The number of anilines is 1. The molecule has 7 heteroatoms. The second-order valence-electron chi connectivity index (χ2n) is 4.36. The smallest absolute Gasteiger partial charge is 0.377 e. The first kappa shape index (κ1) is 13.9. The Morgan fingerprint density at radius 1 is 1.40 bits per heavy atom. The van der Waals surface area contributed by atoms with Crippen LogP contribution in [-0.4, -0.2) is 33.9 Å². The summed E-state index contributed by atoms with van der Waals surface area (Å²) in [6.45, 7) is 3.83. The zero-order valence-corrected chi connectivity index (χ0v) is 11.5. The number of carbonyl (C=O) groups is 1. The molecular weight excluding hydrogens is 260 g/mol. The van der Waals surface area contributed by atoms with E-state index >= 15 is 0 Å². The van der Waals surface area contributed by atoms with Gasteiger partial charge in [-0.15, -0.1) is 5.10 Å². The van der Waals surface area contributed by atoms with E-state index in [2.05, 4.69) is 14.8 Å². The first-order valence-corrected chi connectivity index (χ1v) is 6.08. The summed E-state index contributed by atoms with van der Waals surface area (Å²) in [7, 11) is 1.27. The molecule has 0 spiro atoms. The number of nitrogens with two attached hydrogens (primary N) is 1. The molecular formula is C13H16N4O3. The van der Waals surface area contributed by atoms with E-state index < -0.39 is 5.97 Å². The molecule has 7 nitrogen and oxygen atoms in total. The monoisotopic (exact) mass is 276 g/mol. The predicted molar refractivity (Wildman–Crippen MR) is 72.9 cm³/mol. The minimum atomic E-state index is -0.600. The zero-order valence-electron chi connectivity index (χ0n) is 11.5. The van der Waals surface area contributed by atoms with E-state index in [1.54, 1.807) is 18.2 Å². The van der Waals surface area contributed by atoms with Crippen molar-refractivity contribution in [2.24, 2.45) is 0 Å². The molecule has 0 saturated carbocycles. The largest absolute Gasteiger partial charge is 0.489 e. The molecule has 0 atom stereocenters. The van der Waals surface area contributed by atoms with Crippen LogP contribution in [0.25, 0.3) is 5.69 Å². The minimum Gasteiger partial charge on any atom is -0.489 e. The fraction of sp³-hybridized carbons (Fsp3) is 0.308. The van der Waals surface area contributed by atoms with Gasteiger partial charge in [-0.3, -0.25) is 0 Å². The molecule has 0 aliphatic carbocycles. The number of hydrogen-bond acceptors (Lipinski definition) is 6. The Morgan fingerprint density at radius 2 is 2.15 bits per heavy atom. The molecule has 2 rings (SSSR count). The zero-order chi connectivity index (χ0) is 14.7. The maximum absolute atomic E-state index is 11.3. The third kappa shape index (κ3) is 2.71. The highest BCUT2D eigenvalue weighted by Gasteiger charge is 2.15. The third-order valence-corrected chi connectivity index (χ3v) is 2.51. The summed E-state index contributed by atoms with van der Waals surface area (Å²) in [5.41, 5.74) is 7.07. The van der Waals surface area contributed by atoms with Crippen LogP contribution >= 0.6 is 0 Å². The van der Waals surface area contributed by atoms with Gasteiger partial charge in [0.25, 0.3) is 5.82 Å². The molecule has 1 aromatic carbocycles. The Kier molecular flexibility index (Phi) is 3.88. The summed E-state index contributed by atoms with van der Waals surface area (Å²) < 4.78 is 11.6. The SMILES string of the molecule is COC(=O)c1ncn(-c2cccc(OC(C)C)c2N)n1. The van der Waals surface area contributed by atoms with E-state index in [-0.39, 0.29) is 11.9 Å². The summed E-state index contributed by atoms with van der Waals surface area (Å²) in [6.07, 6.45) is 1.41. The number of hydrogen-bond donors (Lipinski definition) is 1. The number of para-hydroxylation sites is 1. The number of nitrogen functional groups attached to an aromatic ring is 1. The van der Waals surface area contributed by atoms with Crippen LogP contribution in [-0.2, 0) is 4.74 Å². The maximum atomic E-state index is 11.3. The predicted octanol–water partition coefficient (Wildman–Crippen LogP) is 1.42. The van der Waals surface area contributed by atoms with Gasteiger partial charge in [-0.1, -0.05) is 6.07 Å². The van der Waals surface area contributed by atoms with Gasteiger partial charge in [0.2, 0.25) is 0 Å². The molecule has 0 saturated heterocycles. The van der Waals surface area contributed by atoms with Gasteiger partial charge in [0.05, 0.1) is 18.9 Å². The molecule has 20 heavy (non-hydrogen) atoms. The Morgan fingerprint density at radius 3 is 2.80 bits per heavy atom. The van der Waals surface area contributed by atoms with Gasteiger partial charge >= 0.3 is 5.97 Å². The van der Waals surface area contributed by atoms with E-state index in [0.29, 0.717) is 17.1 Å². The molecule has 2 N–H and O–H groups in total. The second kappa shape index (κ2) is 5.60. The number of aromatic nitrogens is 3. The normalized spacial score (nSPS) is 10.6. The van der Waals surface area contributed by atoms with Crippen molar-refractivity contribution in [3.63, 3.8) is 0 Å². The van der Waals surface area contributed by atoms with Gasteiger partial charge in [-0.25, -0.2) is 14.5 Å². The van der Waals surface area contributed by atoms with Crippen molar-refractivity contribution >= 4 is 11.7 Å². The lowest BCUT2D eigenvalue weighted by atomic mass is 10.2. The average Bonchev–Trinajstić information content (AvgIpc) is 2.89. The average molecular weight is 276 g/mol. The lowest BCUT2D eigenvalue weighted by Crippen LogP contribution is -2.10. The van der Waals surface area contributed by atoms with Crippen molar-refractivity contribution in [1.29, 1.82) is 0 Å². The maximum Gasteiger partial charge on any atom is 0.377 e. The Bertz CT molecular complexity index is 622. The van der Waals surface area contributed by atoms with Crippen LogP contribution in [0.5, 0.6) is 5.75 Å². The van der Waals surface area contributed by atoms with Crippen LogP contribution in [0.3, 0.4) is 0 Å². The number of ether oxygens (including phenoxy) is 2. The Balaban J connectivity index is 2.38. The molecule has 0 radical (unpaired) electrons. The van der Waals surface area contributed by atoms with Gasteiger partial charge < -0.3 is 15.2 Å². The van der Waals surface area contributed by atoms with Gasteiger partial charge in [-0.05, 0) is 26.0 Å². The Hall–Kier alpha value is -2.57. The summed E-state index contributed by atoms with van der Waals surface area (Å²) >= 11 is 0. The highest BCUT2D eigenvalue weighted by molar-refractivity contribution is 5.84. The van der Waals surface area contributed by atoms with Gasteiger partial charge in [0.15, 0.2) is 0 Å². The van der Waals surface area contributed by atoms with E-state index in [1.807, 2.05) is 13.8 Å². The third-order valence-electron chi connectivity index (χ3n) is 2.51. The van der Waals surface area contributed by atoms with Crippen LogP contribution in [0, 0.1) is 0 Å². The quantitative estimate of drug-likeness (QED) is 0.670. The van der Waals surface area contributed by atoms with E-state index in [4.69, 9.17) is 10.5 Å². The number of methoxy groups -OCH3 is 1. The van der Waals surface area contributed by atoms with Crippen molar-refractivity contribution in [2.75, 3.05) is 12.8 Å².